The van der Waals surface area contributed by atoms with Gasteiger partial charge in [0.05, 0.1) is 24.5 Å². The number of carbonyl (C=O) groups is 3. The van der Waals surface area contributed by atoms with Crippen LogP contribution in [0.4, 0.5) is 10.1 Å². The second kappa shape index (κ2) is 9.92. The molecule has 1 unspecified atom stereocenters. The van der Waals surface area contributed by atoms with Gasteiger partial charge in [0.15, 0.2) is 12.1 Å². The second-order valence-corrected chi connectivity index (χ2v) is 7.60. The van der Waals surface area contributed by atoms with Crippen molar-refractivity contribution < 1.29 is 33.7 Å². The van der Waals surface area contributed by atoms with Crippen molar-refractivity contribution in [2.75, 3.05) is 12.4 Å². The molecule has 0 aliphatic rings. The Morgan fingerprint density at radius 2 is 1.78 bits per heavy atom. The average molecular weight is 449 g/mol. The molecule has 1 aromatic carbocycles. The van der Waals surface area contributed by atoms with Gasteiger partial charge in [-0.1, -0.05) is 0 Å². The number of hydrogen-bond acceptors (Lipinski definition) is 6. The lowest BCUT2D eigenvalue weighted by atomic mass is 10.1. The molecule has 0 aliphatic heterocycles. The zero-order valence-electron chi connectivity index (χ0n) is 18.8. The number of rotatable bonds is 7. The van der Waals surface area contributed by atoms with Crippen LogP contribution in [0, 0.1) is 26.6 Å². The van der Waals surface area contributed by atoms with E-state index in [9.17, 15) is 29.0 Å². The van der Waals surface area contributed by atoms with Gasteiger partial charge in [-0.3, -0.25) is 9.59 Å². The van der Waals surface area contributed by atoms with Crippen molar-refractivity contribution in [1.29, 1.82) is 0 Å². The number of aliphatic hydroxyl groups excluding tert-OH is 2. The highest BCUT2D eigenvalue weighted by molar-refractivity contribution is 6.06. The van der Waals surface area contributed by atoms with Crippen molar-refractivity contribution in [3.63, 3.8) is 0 Å². The summed E-state index contributed by atoms with van der Waals surface area (Å²) in [5, 5.41) is 25.4. The molecule has 3 atom stereocenters. The monoisotopic (exact) mass is 449 g/mol. The summed E-state index contributed by atoms with van der Waals surface area (Å²) in [5.74, 6) is -2.69. The lowest BCUT2D eigenvalue weighted by molar-refractivity contribution is -0.149. The number of amides is 2. The fraction of sp³-hybridized carbons (Fsp3) is 0.409. The Labute approximate surface area is 185 Å². The molecule has 0 bridgehead atoms. The number of nitrogens with zero attached hydrogens (tertiary/aromatic N) is 1. The number of anilines is 1. The largest absolute Gasteiger partial charge is 0.467 e. The Bertz CT molecular complexity index is 1050. The van der Waals surface area contributed by atoms with E-state index in [0.717, 1.165) is 7.11 Å². The number of aromatic nitrogens is 1. The molecule has 0 fully saturated rings. The van der Waals surface area contributed by atoms with Crippen molar-refractivity contribution in [3.8, 4) is 0 Å². The van der Waals surface area contributed by atoms with Gasteiger partial charge in [-0.25, -0.2) is 9.18 Å². The molecule has 9 nitrogen and oxygen atoms in total. The standard InChI is InChI=1S/C22H28FN3O6/c1-10-9-14(7-8-15(10)23)24-20(29)16-11(2)18(26(5)12(16)3)19(28)21(30)25-17(13(4)27)22(31)32-6/h7-9,13,17,19,27-28H,1-6H3,(H,24,29)(H,25,30)/t13-,17-,19?/m0/s1. The van der Waals surface area contributed by atoms with Gasteiger partial charge in [0.1, 0.15) is 5.82 Å². The fourth-order valence-electron chi connectivity index (χ4n) is 3.50. The summed E-state index contributed by atoms with van der Waals surface area (Å²) in [6.45, 7) is 6.10. The number of benzene rings is 1. The average Bonchev–Trinajstić information content (AvgIpc) is 2.95. The van der Waals surface area contributed by atoms with Crippen LogP contribution in [0.1, 0.15) is 45.9 Å². The van der Waals surface area contributed by atoms with Gasteiger partial charge in [-0.15, -0.1) is 0 Å². The fourth-order valence-corrected chi connectivity index (χ4v) is 3.50. The van der Waals surface area contributed by atoms with E-state index in [4.69, 9.17) is 0 Å². The number of esters is 1. The van der Waals surface area contributed by atoms with E-state index in [0.29, 0.717) is 22.5 Å². The van der Waals surface area contributed by atoms with Crippen LogP contribution in [0.3, 0.4) is 0 Å². The Balaban J connectivity index is 2.33. The summed E-state index contributed by atoms with van der Waals surface area (Å²) in [6, 6.07) is 2.80. The van der Waals surface area contributed by atoms with Crippen LogP contribution in [0.2, 0.25) is 0 Å². The van der Waals surface area contributed by atoms with E-state index in [1.165, 1.54) is 29.7 Å². The predicted octanol–water partition coefficient (Wildman–Crippen LogP) is 1.41. The number of methoxy groups -OCH3 is 1. The lowest BCUT2D eigenvalue weighted by Crippen LogP contribution is -2.49. The third kappa shape index (κ3) is 4.97. The highest BCUT2D eigenvalue weighted by Gasteiger charge is 2.33. The minimum atomic E-state index is -1.72. The van der Waals surface area contributed by atoms with Gasteiger partial charge in [0.2, 0.25) is 0 Å². The SMILES string of the molecule is COC(=O)[C@@H](NC(=O)C(O)c1c(C)c(C(=O)Nc2ccc(F)c(C)c2)c(C)n1C)[C@H](C)O. The molecule has 1 heterocycles. The maximum atomic E-state index is 13.5. The zero-order valence-corrected chi connectivity index (χ0v) is 18.8. The number of aliphatic hydroxyl groups is 2. The minimum Gasteiger partial charge on any atom is -0.467 e. The van der Waals surface area contributed by atoms with Gasteiger partial charge in [-0.05, 0) is 57.0 Å². The van der Waals surface area contributed by atoms with Crippen LogP contribution in [0.25, 0.3) is 0 Å². The first-order chi connectivity index (χ1) is 14.9. The number of nitrogens with one attached hydrogen (secondary N) is 2. The van der Waals surface area contributed by atoms with Crippen LogP contribution >= 0.6 is 0 Å². The molecule has 0 radical (unpaired) electrons. The molecule has 10 heteroatoms. The summed E-state index contributed by atoms with van der Waals surface area (Å²) in [7, 11) is 2.69. The summed E-state index contributed by atoms with van der Waals surface area (Å²) in [5.41, 5.74) is 2.01. The van der Waals surface area contributed by atoms with Crippen LogP contribution in [0.15, 0.2) is 18.2 Å². The van der Waals surface area contributed by atoms with Crippen molar-refractivity contribution in [2.45, 2.75) is 45.9 Å². The first-order valence-electron chi connectivity index (χ1n) is 9.88. The Kier molecular flexibility index (Phi) is 7.76. The van der Waals surface area contributed by atoms with Gasteiger partial charge in [-0.2, -0.15) is 0 Å². The highest BCUT2D eigenvalue weighted by Crippen LogP contribution is 2.28. The topological polar surface area (TPSA) is 130 Å². The molecule has 32 heavy (non-hydrogen) atoms. The van der Waals surface area contributed by atoms with E-state index in [2.05, 4.69) is 15.4 Å². The van der Waals surface area contributed by atoms with Gasteiger partial charge in [0.25, 0.3) is 11.8 Å². The van der Waals surface area contributed by atoms with Gasteiger partial charge in [0, 0.05) is 18.4 Å². The maximum absolute atomic E-state index is 13.5. The van der Waals surface area contributed by atoms with Gasteiger partial charge >= 0.3 is 5.97 Å². The molecule has 4 N–H and O–H groups in total. The number of halogens is 1. The van der Waals surface area contributed by atoms with Crippen LogP contribution < -0.4 is 10.6 Å². The van der Waals surface area contributed by atoms with E-state index < -0.39 is 41.9 Å². The predicted molar refractivity (Wildman–Crippen MR) is 115 cm³/mol. The quantitative estimate of drug-likeness (QED) is 0.473. The smallest absolute Gasteiger partial charge is 0.331 e. The summed E-state index contributed by atoms with van der Waals surface area (Å²) >= 11 is 0. The van der Waals surface area contributed by atoms with E-state index in [-0.39, 0.29) is 11.3 Å². The summed E-state index contributed by atoms with van der Waals surface area (Å²) in [6.07, 6.45) is -2.98. The molecule has 0 saturated carbocycles. The molecule has 1 aromatic heterocycles. The van der Waals surface area contributed by atoms with Crippen LogP contribution in [0.5, 0.6) is 0 Å². The van der Waals surface area contributed by atoms with Crippen molar-refractivity contribution >= 4 is 23.5 Å². The Hall–Kier alpha value is -3.24. The second-order valence-electron chi connectivity index (χ2n) is 7.60. The molecular formula is C22H28FN3O6. The van der Waals surface area contributed by atoms with Crippen LogP contribution in [-0.2, 0) is 21.4 Å². The molecule has 0 spiro atoms. The van der Waals surface area contributed by atoms with Crippen LogP contribution in [-0.4, -0.2) is 51.8 Å². The maximum Gasteiger partial charge on any atom is 0.331 e. The molecule has 174 valence electrons. The first-order valence-corrected chi connectivity index (χ1v) is 9.88. The molecule has 0 aliphatic carbocycles. The Morgan fingerprint density at radius 1 is 1.16 bits per heavy atom. The molecule has 0 saturated heterocycles. The molecule has 2 amide bonds. The summed E-state index contributed by atoms with van der Waals surface area (Å²) < 4.78 is 19.6. The zero-order chi connectivity index (χ0) is 24.3. The first kappa shape index (κ1) is 25.0. The number of carbonyl (C=O) groups excluding carboxylic acids is 3. The highest BCUT2D eigenvalue weighted by atomic mass is 19.1. The normalized spacial score (nSPS) is 13.8. The van der Waals surface area contributed by atoms with Crippen molar-refractivity contribution in [2.24, 2.45) is 7.05 Å². The van der Waals surface area contributed by atoms with E-state index in [1.807, 2.05) is 0 Å². The molecule has 2 aromatic rings. The number of aryl methyl sites for hydroxylation is 1. The molecule has 2 rings (SSSR count). The molecular weight excluding hydrogens is 421 g/mol. The van der Waals surface area contributed by atoms with E-state index in [1.54, 1.807) is 27.8 Å². The third-order valence-electron chi connectivity index (χ3n) is 5.37. The summed E-state index contributed by atoms with van der Waals surface area (Å²) in [4.78, 5) is 37.3. The number of hydrogen-bond donors (Lipinski definition) is 4. The third-order valence-corrected chi connectivity index (χ3v) is 5.37. The van der Waals surface area contributed by atoms with Crippen molar-refractivity contribution in [3.05, 3.63) is 52.1 Å². The van der Waals surface area contributed by atoms with Crippen molar-refractivity contribution in [1.82, 2.24) is 9.88 Å². The number of ether oxygens (including phenoxy) is 1. The van der Waals surface area contributed by atoms with Gasteiger partial charge < -0.3 is 30.2 Å². The minimum absolute atomic E-state index is 0.148. The Morgan fingerprint density at radius 3 is 2.31 bits per heavy atom. The lowest BCUT2D eigenvalue weighted by Gasteiger charge is -2.21. The van der Waals surface area contributed by atoms with E-state index >= 15 is 0 Å².